The van der Waals surface area contributed by atoms with Gasteiger partial charge < -0.3 is 14.6 Å². The van der Waals surface area contributed by atoms with Gasteiger partial charge in [0.1, 0.15) is 18.0 Å². The number of fused-ring (bicyclic) bond motifs is 1. The second kappa shape index (κ2) is 5.14. The number of halogens is 1. The molecule has 0 aromatic carbocycles. The molecule has 2 rings (SSSR count). The Kier molecular flexibility index (Phi) is 3.72. The lowest BCUT2D eigenvalue weighted by Crippen LogP contribution is -2.50. The van der Waals surface area contributed by atoms with Gasteiger partial charge in [-0.2, -0.15) is 0 Å². The van der Waals surface area contributed by atoms with Crippen LogP contribution in [0, 0.1) is 0 Å². The first-order chi connectivity index (χ1) is 8.93. The van der Waals surface area contributed by atoms with Crippen LogP contribution in [0.3, 0.4) is 0 Å². The molecule has 2 saturated heterocycles. The van der Waals surface area contributed by atoms with Crippen LogP contribution in [0.2, 0.25) is 0 Å². The molecule has 2 heterocycles. The van der Waals surface area contributed by atoms with Crippen molar-refractivity contribution in [2.45, 2.75) is 31.3 Å². The van der Waals surface area contributed by atoms with Crippen LogP contribution in [0.1, 0.15) is 12.8 Å². The highest BCUT2D eigenvalue weighted by atomic mass is 35.5. The van der Waals surface area contributed by atoms with Crippen molar-refractivity contribution in [2.24, 2.45) is 0 Å². The summed E-state index contributed by atoms with van der Waals surface area (Å²) < 4.78 is 9.92. The average molecular weight is 292 g/mol. The third-order valence-electron chi connectivity index (χ3n) is 2.87. The second-order valence-corrected chi connectivity index (χ2v) is 4.38. The molecule has 2 amide bonds. The average Bonchev–Trinajstić information content (AvgIpc) is 2.63. The van der Waals surface area contributed by atoms with Crippen molar-refractivity contribution in [1.82, 2.24) is 4.90 Å². The predicted molar refractivity (Wildman–Crippen MR) is 58.4 cm³/mol. The quantitative estimate of drug-likeness (QED) is 0.713. The molecule has 9 heteroatoms. The highest BCUT2D eigenvalue weighted by Gasteiger charge is 2.51. The van der Waals surface area contributed by atoms with Crippen molar-refractivity contribution >= 4 is 35.4 Å². The number of hydrogen-bond donors (Lipinski definition) is 1. The molecule has 0 spiro atoms. The number of alkyl halides is 1. The third kappa shape index (κ3) is 2.54. The van der Waals surface area contributed by atoms with Gasteiger partial charge in [0.05, 0.1) is 6.42 Å². The summed E-state index contributed by atoms with van der Waals surface area (Å²) in [5.41, 5.74) is 0. The normalized spacial score (nSPS) is 29.9. The molecule has 2 fully saturated rings. The number of hydrogen-bond acceptors (Lipinski definition) is 6. The van der Waals surface area contributed by atoms with Gasteiger partial charge in [-0.15, -0.1) is 11.6 Å². The molecular formula is C10H10ClNO7. The van der Waals surface area contributed by atoms with Crippen molar-refractivity contribution in [1.29, 1.82) is 0 Å². The zero-order valence-corrected chi connectivity index (χ0v) is 10.3. The van der Waals surface area contributed by atoms with E-state index in [1.54, 1.807) is 0 Å². The number of carbonyl (C=O) groups is 4. The molecule has 104 valence electrons. The molecule has 0 bridgehead atoms. The van der Waals surface area contributed by atoms with Crippen LogP contribution in [0.5, 0.6) is 0 Å². The lowest BCUT2D eigenvalue weighted by Gasteiger charge is -2.30. The molecule has 0 aliphatic carbocycles. The van der Waals surface area contributed by atoms with E-state index < -0.39 is 54.5 Å². The molecule has 0 aromatic heterocycles. The molecule has 3 atom stereocenters. The predicted octanol–water partition coefficient (Wildman–Crippen LogP) is -0.269. The highest BCUT2D eigenvalue weighted by molar-refractivity contribution is 6.28. The zero-order chi connectivity index (χ0) is 14.2. The van der Waals surface area contributed by atoms with Crippen LogP contribution in [-0.2, 0) is 23.9 Å². The first-order valence-corrected chi connectivity index (χ1v) is 5.96. The van der Waals surface area contributed by atoms with Gasteiger partial charge in [0.2, 0.25) is 12.2 Å². The van der Waals surface area contributed by atoms with Crippen LogP contribution >= 0.6 is 11.6 Å². The van der Waals surface area contributed by atoms with E-state index in [2.05, 4.69) is 0 Å². The number of ether oxygens (including phenoxy) is 2. The van der Waals surface area contributed by atoms with Gasteiger partial charge in [-0.05, 0) is 0 Å². The Bertz CT molecular complexity index is 451. The van der Waals surface area contributed by atoms with Crippen LogP contribution in [0.4, 0.5) is 4.79 Å². The van der Waals surface area contributed by atoms with Crippen molar-refractivity contribution in [3.05, 3.63) is 0 Å². The van der Waals surface area contributed by atoms with Crippen molar-refractivity contribution < 1.29 is 33.8 Å². The number of carboxylic acids is 1. The Balaban J connectivity index is 2.13. The van der Waals surface area contributed by atoms with E-state index in [9.17, 15) is 19.2 Å². The van der Waals surface area contributed by atoms with Gasteiger partial charge in [0.15, 0.2) is 5.78 Å². The zero-order valence-electron chi connectivity index (χ0n) is 9.58. The summed E-state index contributed by atoms with van der Waals surface area (Å²) in [6.45, 7) is 0. The number of aliphatic carboxylic acids is 1. The molecule has 2 aliphatic heterocycles. The first kappa shape index (κ1) is 13.8. The van der Waals surface area contributed by atoms with Crippen molar-refractivity contribution in [2.75, 3.05) is 5.88 Å². The van der Waals surface area contributed by atoms with E-state index in [-0.39, 0.29) is 6.42 Å². The van der Waals surface area contributed by atoms with Gasteiger partial charge in [0.25, 0.3) is 0 Å². The first-order valence-electron chi connectivity index (χ1n) is 5.42. The van der Waals surface area contributed by atoms with Crippen LogP contribution < -0.4 is 0 Å². The van der Waals surface area contributed by atoms with E-state index in [1.165, 1.54) is 0 Å². The van der Waals surface area contributed by atoms with E-state index in [0.717, 1.165) is 4.90 Å². The number of carbonyl (C=O) groups excluding carboxylic acids is 3. The van der Waals surface area contributed by atoms with Gasteiger partial charge in [0, 0.05) is 6.42 Å². The summed E-state index contributed by atoms with van der Waals surface area (Å²) in [6, 6.07) is -0.878. The standard InChI is InChI=1S/C10H10ClNO7/c11-3-7(14)12-4-1-5(13)6(2-8(15)16)18-9(4)19-10(12)17/h4,6,9H,1-3H2,(H,15,16). The molecule has 8 nitrogen and oxygen atoms in total. The summed E-state index contributed by atoms with van der Waals surface area (Å²) in [5, 5.41) is 8.63. The van der Waals surface area contributed by atoms with Crippen molar-refractivity contribution in [3.8, 4) is 0 Å². The third-order valence-corrected chi connectivity index (χ3v) is 3.10. The molecule has 3 unspecified atom stereocenters. The molecule has 1 N–H and O–H groups in total. The number of rotatable bonds is 3. The van der Waals surface area contributed by atoms with E-state index in [1.807, 2.05) is 0 Å². The van der Waals surface area contributed by atoms with Gasteiger partial charge in [-0.25, -0.2) is 9.69 Å². The number of carboxylic acid groups (broad SMARTS) is 1. The van der Waals surface area contributed by atoms with Crippen molar-refractivity contribution in [3.63, 3.8) is 0 Å². The maximum absolute atomic E-state index is 11.7. The minimum absolute atomic E-state index is 0.197. The van der Waals surface area contributed by atoms with E-state index >= 15 is 0 Å². The van der Waals surface area contributed by atoms with Gasteiger partial charge in [-0.1, -0.05) is 0 Å². The van der Waals surface area contributed by atoms with Crippen LogP contribution in [0.15, 0.2) is 0 Å². The fraction of sp³-hybridized carbons (Fsp3) is 0.600. The molecule has 2 aliphatic rings. The van der Waals surface area contributed by atoms with E-state index in [0.29, 0.717) is 0 Å². The number of amides is 2. The fourth-order valence-electron chi connectivity index (χ4n) is 2.04. The number of imide groups is 1. The van der Waals surface area contributed by atoms with Crippen LogP contribution in [0.25, 0.3) is 0 Å². The SMILES string of the molecule is O=C(O)CC1OC2OC(=O)N(C(=O)CCl)C2CC1=O. The Morgan fingerprint density at radius 2 is 2.11 bits per heavy atom. The van der Waals surface area contributed by atoms with Gasteiger partial charge in [-0.3, -0.25) is 14.4 Å². The Morgan fingerprint density at radius 1 is 1.42 bits per heavy atom. The molecule has 19 heavy (non-hydrogen) atoms. The molecule has 0 aromatic rings. The van der Waals surface area contributed by atoms with E-state index in [4.69, 9.17) is 26.2 Å². The molecule has 0 radical (unpaired) electrons. The Labute approximate surface area is 112 Å². The lowest BCUT2D eigenvalue weighted by molar-refractivity contribution is -0.179. The largest absolute Gasteiger partial charge is 0.481 e. The molecule has 0 saturated carbocycles. The summed E-state index contributed by atoms with van der Waals surface area (Å²) in [6.07, 6.45) is -3.94. The second-order valence-electron chi connectivity index (χ2n) is 4.11. The summed E-state index contributed by atoms with van der Waals surface area (Å²) in [5.74, 6) is -2.80. The maximum atomic E-state index is 11.7. The Morgan fingerprint density at radius 3 is 2.68 bits per heavy atom. The fourth-order valence-corrected chi connectivity index (χ4v) is 2.17. The summed E-state index contributed by atoms with van der Waals surface area (Å²) in [7, 11) is 0. The number of ketones is 1. The monoisotopic (exact) mass is 291 g/mol. The lowest BCUT2D eigenvalue weighted by atomic mass is 9.99. The minimum Gasteiger partial charge on any atom is -0.481 e. The summed E-state index contributed by atoms with van der Waals surface area (Å²) in [4.78, 5) is 46.0. The maximum Gasteiger partial charge on any atom is 0.419 e. The number of Topliss-reactive ketones (excluding diaryl/α,β-unsaturated/α-hetero) is 1. The highest BCUT2D eigenvalue weighted by Crippen LogP contribution is 2.30. The minimum atomic E-state index is -1.20. The van der Waals surface area contributed by atoms with Gasteiger partial charge >= 0.3 is 12.1 Å². The smallest absolute Gasteiger partial charge is 0.419 e. The Hall–Kier alpha value is -1.67. The topological polar surface area (TPSA) is 110 Å². The molecular weight excluding hydrogens is 282 g/mol. The van der Waals surface area contributed by atoms with Crippen LogP contribution in [-0.4, -0.2) is 58.1 Å². The summed E-state index contributed by atoms with van der Waals surface area (Å²) >= 11 is 5.36. The number of nitrogens with zero attached hydrogens (tertiary/aromatic N) is 1.